The van der Waals surface area contributed by atoms with Crippen LogP contribution in [0.15, 0.2) is 24.4 Å². The maximum absolute atomic E-state index is 13.3. The summed E-state index contributed by atoms with van der Waals surface area (Å²) in [5.41, 5.74) is 0.645. The van der Waals surface area contributed by atoms with E-state index in [1.165, 1.54) is 6.07 Å². The molecule has 0 spiro atoms. The van der Waals surface area contributed by atoms with E-state index in [4.69, 9.17) is 16.6 Å². The number of halogens is 4. The van der Waals surface area contributed by atoms with Gasteiger partial charge in [-0.2, -0.15) is 18.2 Å². The van der Waals surface area contributed by atoms with Gasteiger partial charge in [0.2, 0.25) is 11.9 Å². The topological polar surface area (TPSA) is 79.7 Å². The second-order valence-electron chi connectivity index (χ2n) is 8.73. The van der Waals surface area contributed by atoms with Gasteiger partial charge >= 0.3 is 6.18 Å². The van der Waals surface area contributed by atoms with E-state index in [1.54, 1.807) is 6.20 Å². The van der Waals surface area contributed by atoms with Crippen LogP contribution in [0.2, 0.25) is 5.02 Å². The Labute approximate surface area is 187 Å². The first-order chi connectivity index (χ1) is 15.2. The van der Waals surface area contributed by atoms with Crippen molar-refractivity contribution in [2.75, 3.05) is 23.7 Å². The van der Waals surface area contributed by atoms with Gasteiger partial charge in [-0.1, -0.05) is 11.6 Å². The molecule has 32 heavy (non-hydrogen) atoms. The van der Waals surface area contributed by atoms with Gasteiger partial charge in [0, 0.05) is 22.3 Å². The first kappa shape index (κ1) is 21.3. The Balaban J connectivity index is 1.56. The molecule has 5 rings (SSSR count). The summed E-state index contributed by atoms with van der Waals surface area (Å²) in [4.78, 5) is 13.7. The molecule has 1 aliphatic carbocycles. The quantitative estimate of drug-likeness (QED) is 0.484. The second-order valence-corrected chi connectivity index (χ2v) is 9.16. The van der Waals surface area contributed by atoms with Crippen molar-refractivity contribution in [2.24, 2.45) is 0 Å². The zero-order chi connectivity index (χ0) is 22.5. The summed E-state index contributed by atoms with van der Waals surface area (Å²) >= 11 is 5.97. The highest BCUT2D eigenvalue weighted by atomic mass is 35.5. The number of rotatable bonds is 5. The van der Waals surface area contributed by atoms with Crippen LogP contribution in [0.5, 0.6) is 0 Å². The number of imidazole rings is 1. The lowest BCUT2D eigenvalue weighted by molar-refractivity contribution is -0.137. The largest absolute Gasteiger partial charge is 0.416 e. The molecule has 0 bridgehead atoms. The number of piperidine rings is 1. The number of nitrogens with one attached hydrogen (secondary N) is 3. The van der Waals surface area contributed by atoms with Crippen LogP contribution in [0.25, 0.3) is 11.2 Å². The molecule has 2 aromatic heterocycles. The predicted molar refractivity (Wildman–Crippen MR) is 117 cm³/mol. The molecule has 170 valence electrons. The maximum Gasteiger partial charge on any atom is 0.416 e. The minimum Gasteiger partial charge on any atom is -0.349 e. The standard InChI is InChI=1S/C21H23ClF3N7/c1-20(4-5-20)31-18-27-11-16-17(30-18)32(15-2-6-26-7-3-15)19(29-16)28-14-9-12(21(23,24)25)8-13(22)10-14/h8-11,15,26H,2-7H2,1H3,(H,28,29)(H,27,30,31). The van der Waals surface area contributed by atoms with Gasteiger partial charge in [-0.25, -0.2) is 9.97 Å². The van der Waals surface area contributed by atoms with Crippen molar-refractivity contribution in [1.82, 2.24) is 24.8 Å². The zero-order valence-corrected chi connectivity index (χ0v) is 18.2. The third-order valence-electron chi connectivity index (χ3n) is 6.00. The zero-order valence-electron chi connectivity index (χ0n) is 17.4. The van der Waals surface area contributed by atoms with Crippen molar-refractivity contribution < 1.29 is 13.2 Å². The Hall–Kier alpha value is -2.59. The molecule has 3 heterocycles. The van der Waals surface area contributed by atoms with E-state index in [9.17, 15) is 13.2 Å². The molecule has 11 heteroatoms. The lowest BCUT2D eigenvalue weighted by Gasteiger charge is -2.26. The summed E-state index contributed by atoms with van der Waals surface area (Å²) in [6.07, 6.45) is 0.984. The molecule has 2 aliphatic rings. The van der Waals surface area contributed by atoms with E-state index in [2.05, 4.69) is 32.8 Å². The molecule has 1 aliphatic heterocycles. The molecule has 3 N–H and O–H groups in total. The van der Waals surface area contributed by atoms with Gasteiger partial charge in [0.15, 0.2) is 5.65 Å². The first-order valence-corrected chi connectivity index (χ1v) is 11.0. The van der Waals surface area contributed by atoms with Crippen molar-refractivity contribution in [3.05, 3.63) is 35.0 Å². The number of fused-ring (bicyclic) bond motifs is 1. The molecule has 7 nitrogen and oxygen atoms in total. The Morgan fingerprint density at radius 3 is 2.59 bits per heavy atom. The smallest absolute Gasteiger partial charge is 0.349 e. The number of benzene rings is 1. The maximum atomic E-state index is 13.3. The minimum absolute atomic E-state index is 0.00388. The van der Waals surface area contributed by atoms with Crippen molar-refractivity contribution in [2.45, 2.75) is 50.4 Å². The number of alkyl halides is 3. The molecule has 1 saturated carbocycles. The van der Waals surface area contributed by atoms with Crippen LogP contribution in [0, 0.1) is 0 Å². The fraction of sp³-hybridized carbons (Fsp3) is 0.476. The Morgan fingerprint density at radius 2 is 1.91 bits per heavy atom. The Morgan fingerprint density at radius 1 is 1.16 bits per heavy atom. The molecule has 0 unspecified atom stereocenters. The summed E-state index contributed by atoms with van der Waals surface area (Å²) in [5.74, 6) is 0.952. The van der Waals surface area contributed by atoms with E-state index in [0.29, 0.717) is 23.1 Å². The van der Waals surface area contributed by atoms with Gasteiger partial charge in [0.1, 0.15) is 5.52 Å². The fourth-order valence-corrected chi connectivity index (χ4v) is 4.22. The van der Waals surface area contributed by atoms with Crippen LogP contribution >= 0.6 is 11.6 Å². The highest BCUT2D eigenvalue weighted by Gasteiger charge is 2.38. The molecule has 3 aromatic rings. The number of anilines is 3. The molecule has 0 atom stereocenters. The molecular weight excluding hydrogens is 443 g/mol. The van der Waals surface area contributed by atoms with Crippen LogP contribution in [0.3, 0.4) is 0 Å². The van der Waals surface area contributed by atoms with Crippen LogP contribution < -0.4 is 16.0 Å². The summed E-state index contributed by atoms with van der Waals surface area (Å²) in [7, 11) is 0. The lowest BCUT2D eigenvalue weighted by Crippen LogP contribution is -2.30. The van der Waals surface area contributed by atoms with E-state index < -0.39 is 11.7 Å². The summed E-state index contributed by atoms with van der Waals surface area (Å²) in [6.45, 7) is 3.80. The summed E-state index contributed by atoms with van der Waals surface area (Å²) in [6, 6.07) is 3.49. The molecule has 0 radical (unpaired) electrons. The summed E-state index contributed by atoms with van der Waals surface area (Å²) < 4.78 is 41.8. The Kier molecular flexibility index (Phi) is 5.16. The monoisotopic (exact) mass is 465 g/mol. The fourth-order valence-electron chi connectivity index (χ4n) is 3.99. The van der Waals surface area contributed by atoms with Gasteiger partial charge in [0.25, 0.3) is 0 Å². The van der Waals surface area contributed by atoms with Crippen molar-refractivity contribution in [1.29, 1.82) is 0 Å². The third kappa shape index (κ3) is 4.33. The van der Waals surface area contributed by atoms with E-state index in [0.717, 1.165) is 50.9 Å². The van der Waals surface area contributed by atoms with Gasteiger partial charge in [-0.05, 0) is 63.9 Å². The molecule has 0 amide bonds. The SMILES string of the molecule is CC1(Nc2ncc3nc(Nc4cc(Cl)cc(C(F)(F)F)c4)n(C4CCNCC4)c3n2)CC1. The normalized spacial score (nSPS) is 18.7. The van der Waals surface area contributed by atoms with Crippen LogP contribution in [-0.2, 0) is 6.18 Å². The average Bonchev–Trinajstić information content (AvgIpc) is 3.35. The van der Waals surface area contributed by atoms with Gasteiger partial charge in [-0.3, -0.25) is 4.57 Å². The van der Waals surface area contributed by atoms with E-state index in [1.807, 2.05) is 4.57 Å². The number of aromatic nitrogens is 4. The van der Waals surface area contributed by atoms with Gasteiger partial charge in [0.05, 0.1) is 11.8 Å². The van der Waals surface area contributed by atoms with E-state index in [-0.39, 0.29) is 22.3 Å². The highest BCUT2D eigenvalue weighted by molar-refractivity contribution is 6.31. The van der Waals surface area contributed by atoms with Crippen molar-refractivity contribution in [3.8, 4) is 0 Å². The van der Waals surface area contributed by atoms with Crippen molar-refractivity contribution in [3.63, 3.8) is 0 Å². The number of nitrogens with zero attached hydrogens (tertiary/aromatic N) is 4. The highest BCUT2D eigenvalue weighted by Crippen LogP contribution is 2.38. The van der Waals surface area contributed by atoms with Crippen molar-refractivity contribution >= 4 is 40.3 Å². The second kappa shape index (κ2) is 7.77. The Bertz CT molecular complexity index is 1150. The molecule has 2 fully saturated rings. The molecule has 1 saturated heterocycles. The summed E-state index contributed by atoms with van der Waals surface area (Å²) in [5, 5.41) is 9.75. The predicted octanol–water partition coefficient (Wildman–Crippen LogP) is 5.13. The molecular formula is C21H23ClF3N7. The van der Waals surface area contributed by atoms with Crippen LogP contribution in [-0.4, -0.2) is 38.1 Å². The minimum atomic E-state index is -4.50. The van der Waals surface area contributed by atoms with Crippen LogP contribution in [0.4, 0.5) is 30.8 Å². The van der Waals surface area contributed by atoms with Gasteiger partial charge < -0.3 is 16.0 Å². The molecule has 1 aromatic carbocycles. The number of hydrogen-bond donors (Lipinski definition) is 3. The van der Waals surface area contributed by atoms with E-state index >= 15 is 0 Å². The lowest BCUT2D eigenvalue weighted by atomic mass is 10.1. The van der Waals surface area contributed by atoms with Crippen LogP contribution in [0.1, 0.15) is 44.2 Å². The van der Waals surface area contributed by atoms with Gasteiger partial charge in [-0.15, -0.1) is 0 Å². The number of hydrogen-bond acceptors (Lipinski definition) is 6. The average molecular weight is 466 g/mol. The first-order valence-electron chi connectivity index (χ1n) is 10.6. The third-order valence-corrected chi connectivity index (χ3v) is 6.22.